The molecule has 12 heavy (non-hydrogen) atoms. The number of rotatable bonds is 1. The van der Waals surface area contributed by atoms with Crippen molar-refractivity contribution in [2.45, 2.75) is 53.4 Å². The van der Waals surface area contributed by atoms with Gasteiger partial charge < -0.3 is 0 Å². The molecule has 0 saturated heterocycles. The molecule has 0 unspecified atom stereocenters. The third-order valence-corrected chi connectivity index (χ3v) is 2.10. The number of hydrogen-bond donors (Lipinski definition) is 0. The van der Waals surface area contributed by atoms with Crippen LogP contribution in [0.4, 0.5) is 0 Å². The lowest BCUT2D eigenvalue weighted by Crippen LogP contribution is -1.76. The largest absolute Gasteiger partial charge is 0.0842 e. The molecular weight excluding hydrogens is 144 g/mol. The lowest BCUT2D eigenvalue weighted by Gasteiger charge is -1.96. The van der Waals surface area contributed by atoms with E-state index in [1.807, 2.05) is 13.8 Å². The summed E-state index contributed by atoms with van der Waals surface area (Å²) >= 11 is 0. The third-order valence-electron chi connectivity index (χ3n) is 2.10. The maximum absolute atomic E-state index is 2.36. The van der Waals surface area contributed by atoms with Crippen LogP contribution in [-0.2, 0) is 0 Å². The average molecular weight is 166 g/mol. The summed E-state index contributed by atoms with van der Waals surface area (Å²) in [5.41, 5.74) is 3.19. The SMILES string of the molecule is C/C=C1/CCC/C1=C/CC.CC. The molecule has 0 atom stereocenters. The van der Waals surface area contributed by atoms with Gasteiger partial charge in [-0.2, -0.15) is 0 Å². The van der Waals surface area contributed by atoms with Crippen LogP contribution in [0.25, 0.3) is 0 Å². The fourth-order valence-corrected chi connectivity index (χ4v) is 1.60. The van der Waals surface area contributed by atoms with E-state index in [9.17, 15) is 0 Å². The maximum Gasteiger partial charge on any atom is -0.0276 e. The predicted octanol–water partition coefficient (Wildman–Crippen LogP) is 4.48. The van der Waals surface area contributed by atoms with E-state index in [1.54, 1.807) is 11.1 Å². The lowest BCUT2D eigenvalue weighted by molar-refractivity contribution is 0.929. The van der Waals surface area contributed by atoms with Gasteiger partial charge in [-0.1, -0.05) is 32.9 Å². The summed E-state index contributed by atoms with van der Waals surface area (Å²) < 4.78 is 0. The molecule has 1 aliphatic carbocycles. The molecule has 70 valence electrons. The van der Waals surface area contributed by atoms with Crippen molar-refractivity contribution in [1.29, 1.82) is 0 Å². The Hall–Kier alpha value is -0.520. The molecule has 1 rings (SSSR count). The van der Waals surface area contributed by atoms with Crippen LogP contribution in [0.15, 0.2) is 23.3 Å². The van der Waals surface area contributed by atoms with Gasteiger partial charge in [0.25, 0.3) is 0 Å². The van der Waals surface area contributed by atoms with Gasteiger partial charge in [0, 0.05) is 0 Å². The molecule has 0 aromatic heterocycles. The zero-order valence-corrected chi connectivity index (χ0v) is 8.98. The van der Waals surface area contributed by atoms with Gasteiger partial charge >= 0.3 is 0 Å². The van der Waals surface area contributed by atoms with E-state index in [0.29, 0.717) is 0 Å². The number of allylic oxidation sites excluding steroid dienone is 4. The maximum atomic E-state index is 2.36. The van der Waals surface area contributed by atoms with Gasteiger partial charge in [-0.15, -0.1) is 0 Å². The standard InChI is InChI=1S/C10H16.C2H6/c1-3-6-10-8-5-7-9(10)4-2;1-2/h4,6H,3,5,7-8H2,1-2H3;1-2H3/b9-4-,10-6-;. The molecule has 1 aliphatic rings. The van der Waals surface area contributed by atoms with Crippen LogP contribution in [0.5, 0.6) is 0 Å². The summed E-state index contributed by atoms with van der Waals surface area (Å²) in [6, 6.07) is 0. The molecule has 0 bridgehead atoms. The Morgan fingerprint density at radius 3 is 2.25 bits per heavy atom. The minimum Gasteiger partial charge on any atom is -0.0842 e. The molecule has 0 heteroatoms. The van der Waals surface area contributed by atoms with E-state index < -0.39 is 0 Å². The Morgan fingerprint density at radius 1 is 1.17 bits per heavy atom. The molecule has 0 aromatic carbocycles. The molecule has 0 N–H and O–H groups in total. The second-order valence-electron chi connectivity index (χ2n) is 2.81. The molecule has 1 saturated carbocycles. The fraction of sp³-hybridized carbons (Fsp3) is 0.667. The number of hydrogen-bond acceptors (Lipinski definition) is 0. The van der Waals surface area contributed by atoms with Gasteiger partial charge in [0.1, 0.15) is 0 Å². The topological polar surface area (TPSA) is 0 Å². The second kappa shape index (κ2) is 7.15. The molecule has 0 radical (unpaired) electrons. The van der Waals surface area contributed by atoms with Gasteiger partial charge in [0.2, 0.25) is 0 Å². The van der Waals surface area contributed by atoms with E-state index in [2.05, 4.69) is 26.0 Å². The third kappa shape index (κ3) is 3.25. The van der Waals surface area contributed by atoms with Gasteiger partial charge in [-0.25, -0.2) is 0 Å². The Labute approximate surface area is 77.4 Å². The molecular formula is C12H22. The van der Waals surface area contributed by atoms with Crippen LogP contribution < -0.4 is 0 Å². The van der Waals surface area contributed by atoms with E-state index in [0.717, 1.165) is 0 Å². The average Bonchev–Trinajstić information content (AvgIpc) is 2.56. The van der Waals surface area contributed by atoms with Crippen molar-refractivity contribution in [2.75, 3.05) is 0 Å². The Balaban J connectivity index is 0.000000561. The first-order chi connectivity index (χ1) is 5.88. The Bertz CT molecular complexity index is 161. The van der Waals surface area contributed by atoms with Crippen molar-refractivity contribution in [1.82, 2.24) is 0 Å². The smallest absolute Gasteiger partial charge is 0.0276 e. The van der Waals surface area contributed by atoms with Gasteiger partial charge in [0.05, 0.1) is 0 Å². The molecule has 0 heterocycles. The fourth-order valence-electron chi connectivity index (χ4n) is 1.60. The highest BCUT2D eigenvalue weighted by Crippen LogP contribution is 2.30. The molecule has 0 spiro atoms. The van der Waals surface area contributed by atoms with Crippen molar-refractivity contribution >= 4 is 0 Å². The monoisotopic (exact) mass is 166 g/mol. The normalized spacial score (nSPS) is 22.7. The van der Waals surface area contributed by atoms with Crippen LogP contribution >= 0.6 is 0 Å². The molecule has 1 fully saturated rings. The van der Waals surface area contributed by atoms with Crippen molar-refractivity contribution < 1.29 is 0 Å². The van der Waals surface area contributed by atoms with Crippen molar-refractivity contribution in [3.8, 4) is 0 Å². The summed E-state index contributed by atoms with van der Waals surface area (Å²) in [5.74, 6) is 0. The molecule has 0 aliphatic heterocycles. The van der Waals surface area contributed by atoms with E-state index in [4.69, 9.17) is 0 Å². The summed E-state index contributed by atoms with van der Waals surface area (Å²) in [4.78, 5) is 0. The van der Waals surface area contributed by atoms with Crippen LogP contribution in [0, 0.1) is 0 Å². The van der Waals surface area contributed by atoms with Crippen LogP contribution in [0.3, 0.4) is 0 Å². The summed E-state index contributed by atoms with van der Waals surface area (Å²) in [6.07, 6.45) is 9.80. The first kappa shape index (κ1) is 11.5. The minimum atomic E-state index is 1.19. The van der Waals surface area contributed by atoms with Crippen molar-refractivity contribution in [3.63, 3.8) is 0 Å². The highest BCUT2D eigenvalue weighted by atomic mass is 14.2. The van der Waals surface area contributed by atoms with Crippen LogP contribution in [0.2, 0.25) is 0 Å². The highest BCUT2D eigenvalue weighted by Gasteiger charge is 2.10. The predicted molar refractivity (Wildman–Crippen MR) is 57.3 cm³/mol. The second-order valence-corrected chi connectivity index (χ2v) is 2.81. The Kier molecular flexibility index (Phi) is 6.84. The first-order valence-corrected chi connectivity index (χ1v) is 5.23. The van der Waals surface area contributed by atoms with Gasteiger partial charge in [-0.3, -0.25) is 0 Å². The molecule has 0 nitrogen and oxygen atoms in total. The lowest BCUT2D eigenvalue weighted by atomic mass is 10.1. The molecule has 0 amide bonds. The minimum absolute atomic E-state index is 1.19. The summed E-state index contributed by atoms with van der Waals surface area (Å²) in [7, 11) is 0. The van der Waals surface area contributed by atoms with Gasteiger partial charge in [-0.05, 0) is 43.8 Å². The van der Waals surface area contributed by atoms with Gasteiger partial charge in [0.15, 0.2) is 0 Å². The van der Waals surface area contributed by atoms with E-state index in [-0.39, 0.29) is 0 Å². The Morgan fingerprint density at radius 2 is 1.75 bits per heavy atom. The van der Waals surface area contributed by atoms with E-state index >= 15 is 0 Å². The van der Waals surface area contributed by atoms with Crippen molar-refractivity contribution in [2.24, 2.45) is 0 Å². The zero-order valence-electron chi connectivity index (χ0n) is 8.98. The van der Waals surface area contributed by atoms with Crippen LogP contribution in [0.1, 0.15) is 53.4 Å². The summed E-state index contributed by atoms with van der Waals surface area (Å²) in [6.45, 7) is 8.35. The van der Waals surface area contributed by atoms with E-state index in [1.165, 1.54) is 25.7 Å². The van der Waals surface area contributed by atoms with Crippen molar-refractivity contribution in [3.05, 3.63) is 23.3 Å². The quantitative estimate of drug-likeness (QED) is 0.539. The summed E-state index contributed by atoms with van der Waals surface area (Å²) in [5, 5.41) is 0. The zero-order chi connectivity index (χ0) is 9.40. The highest BCUT2D eigenvalue weighted by molar-refractivity contribution is 5.34. The molecule has 0 aromatic rings. The van der Waals surface area contributed by atoms with Crippen LogP contribution in [-0.4, -0.2) is 0 Å². The first-order valence-electron chi connectivity index (χ1n) is 5.23.